The van der Waals surface area contributed by atoms with E-state index >= 15 is 0 Å². The van der Waals surface area contributed by atoms with Crippen molar-refractivity contribution in [1.82, 2.24) is 14.6 Å². The molecule has 0 spiro atoms. The second-order valence-corrected chi connectivity index (χ2v) is 7.32. The Bertz CT molecular complexity index is 1050. The standard InChI is InChI=1S/C19H16ClN3OS/c1-12-10-18-21-22-19(23(18)16-5-3-2-4-15(12)16)25-11-17(24)13-6-8-14(20)9-7-13/h2-10,17,24H,11H2,1H3/t17-/m1/s1. The normalized spacial score (nSPS) is 12.8. The van der Waals surface area contributed by atoms with Crippen molar-refractivity contribution in [3.8, 4) is 0 Å². The highest BCUT2D eigenvalue weighted by Crippen LogP contribution is 2.28. The molecule has 2 heterocycles. The van der Waals surface area contributed by atoms with Gasteiger partial charge in [-0.3, -0.25) is 4.40 Å². The molecular formula is C19H16ClN3OS. The number of nitrogens with zero attached hydrogens (tertiary/aromatic N) is 3. The molecule has 0 saturated heterocycles. The summed E-state index contributed by atoms with van der Waals surface area (Å²) in [4.78, 5) is 0. The fourth-order valence-electron chi connectivity index (χ4n) is 2.90. The van der Waals surface area contributed by atoms with Crippen molar-refractivity contribution < 1.29 is 5.11 Å². The van der Waals surface area contributed by atoms with Crippen LogP contribution in [0.5, 0.6) is 0 Å². The van der Waals surface area contributed by atoms with Gasteiger partial charge in [-0.2, -0.15) is 0 Å². The van der Waals surface area contributed by atoms with Crippen LogP contribution in [0.1, 0.15) is 17.2 Å². The van der Waals surface area contributed by atoms with Crippen LogP contribution in [0.3, 0.4) is 0 Å². The summed E-state index contributed by atoms with van der Waals surface area (Å²) in [6.07, 6.45) is -0.591. The number of aryl methyl sites for hydroxylation is 1. The maximum atomic E-state index is 10.4. The molecule has 0 fully saturated rings. The van der Waals surface area contributed by atoms with Gasteiger partial charge in [0.2, 0.25) is 0 Å². The average Bonchev–Trinajstić information content (AvgIpc) is 3.03. The Hall–Kier alpha value is -2.08. The molecule has 0 aliphatic carbocycles. The van der Waals surface area contributed by atoms with Crippen molar-refractivity contribution in [2.75, 3.05) is 5.75 Å². The third-order valence-electron chi connectivity index (χ3n) is 4.20. The minimum Gasteiger partial charge on any atom is -0.388 e. The lowest BCUT2D eigenvalue weighted by atomic mass is 10.1. The molecule has 1 atom stereocenters. The summed E-state index contributed by atoms with van der Waals surface area (Å²) in [6, 6.07) is 17.5. The van der Waals surface area contributed by atoms with E-state index in [1.165, 1.54) is 22.7 Å². The Morgan fingerprint density at radius 1 is 1.12 bits per heavy atom. The van der Waals surface area contributed by atoms with Crippen LogP contribution in [0, 0.1) is 6.92 Å². The Morgan fingerprint density at radius 3 is 2.68 bits per heavy atom. The smallest absolute Gasteiger partial charge is 0.196 e. The zero-order chi connectivity index (χ0) is 17.4. The van der Waals surface area contributed by atoms with E-state index in [4.69, 9.17) is 11.6 Å². The number of hydrogen-bond donors (Lipinski definition) is 1. The molecule has 0 unspecified atom stereocenters. The van der Waals surface area contributed by atoms with Crippen molar-refractivity contribution in [2.45, 2.75) is 18.2 Å². The van der Waals surface area contributed by atoms with Gasteiger partial charge in [-0.25, -0.2) is 0 Å². The molecular weight excluding hydrogens is 354 g/mol. The van der Waals surface area contributed by atoms with Crippen LogP contribution >= 0.6 is 23.4 Å². The summed E-state index contributed by atoms with van der Waals surface area (Å²) in [6.45, 7) is 2.08. The molecule has 126 valence electrons. The molecule has 2 aromatic heterocycles. The van der Waals surface area contributed by atoms with Crippen LogP contribution in [0.4, 0.5) is 0 Å². The van der Waals surface area contributed by atoms with Gasteiger partial charge < -0.3 is 5.11 Å². The molecule has 0 amide bonds. The van der Waals surface area contributed by atoms with Gasteiger partial charge in [-0.05, 0) is 42.3 Å². The number of para-hydroxylation sites is 1. The predicted molar refractivity (Wildman–Crippen MR) is 102 cm³/mol. The molecule has 2 aromatic carbocycles. The number of aromatic nitrogens is 3. The van der Waals surface area contributed by atoms with Crippen LogP contribution in [-0.2, 0) is 0 Å². The highest BCUT2D eigenvalue weighted by Gasteiger charge is 2.14. The average molecular weight is 370 g/mol. The lowest BCUT2D eigenvalue weighted by molar-refractivity contribution is 0.204. The van der Waals surface area contributed by atoms with Gasteiger partial charge >= 0.3 is 0 Å². The number of pyridine rings is 1. The minimum absolute atomic E-state index is 0.491. The van der Waals surface area contributed by atoms with Crippen molar-refractivity contribution in [2.24, 2.45) is 0 Å². The number of halogens is 1. The van der Waals surface area contributed by atoms with E-state index in [1.807, 2.05) is 34.7 Å². The van der Waals surface area contributed by atoms with Crippen molar-refractivity contribution in [3.63, 3.8) is 0 Å². The summed E-state index contributed by atoms with van der Waals surface area (Å²) in [5.41, 5.74) is 3.91. The molecule has 4 rings (SSSR count). The number of fused-ring (bicyclic) bond motifs is 3. The molecule has 0 radical (unpaired) electrons. The van der Waals surface area contributed by atoms with E-state index in [0.29, 0.717) is 10.8 Å². The zero-order valence-electron chi connectivity index (χ0n) is 13.6. The first-order valence-corrected chi connectivity index (χ1v) is 9.29. The Labute approximate surface area is 154 Å². The lowest BCUT2D eigenvalue weighted by Gasteiger charge is -2.11. The van der Waals surface area contributed by atoms with E-state index in [2.05, 4.69) is 29.3 Å². The van der Waals surface area contributed by atoms with Gasteiger partial charge in [0.15, 0.2) is 10.8 Å². The minimum atomic E-state index is -0.591. The summed E-state index contributed by atoms with van der Waals surface area (Å²) >= 11 is 7.39. The van der Waals surface area contributed by atoms with Crippen molar-refractivity contribution in [1.29, 1.82) is 0 Å². The van der Waals surface area contributed by atoms with Gasteiger partial charge in [0.05, 0.1) is 11.6 Å². The summed E-state index contributed by atoms with van der Waals surface area (Å²) in [5.74, 6) is 0.491. The maximum Gasteiger partial charge on any atom is 0.196 e. The second-order valence-electron chi connectivity index (χ2n) is 5.90. The van der Waals surface area contributed by atoms with Crippen LogP contribution in [0.15, 0.2) is 59.8 Å². The monoisotopic (exact) mass is 369 g/mol. The molecule has 0 saturated carbocycles. The number of rotatable bonds is 4. The van der Waals surface area contributed by atoms with Gasteiger partial charge in [-0.15, -0.1) is 10.2 Å². The van der Waals surface area contributed by atoms with E-state index < -0.39 is 6.10 Å². The summed E-state index contributed by atoms with van der Waals surface area (Å²) in [5, 5.41) is 21.6. The first kappa shape index (κ1) is 16.4. The number of aliphatic hydroxyl groups is 1. The van der Waals surface area contributed by atoms with Crippen LogP contribution in [-0.4, -0.2) is 25.5 Å². The first-order valence-electron chi connectivity index (χ1n) is 7.93. The Kier molecular flexibility index (Phi) is 4.37. The second kappa shape index (κ2) is 6.67. The van der Waals surface area contributed by atoms with Crippen LogP contribution in [0.2, 0.25) is 5.02 Å². The molecule has 1 N–H and O–H groups in total. The SMILES string of the molecule is Cc1cc2nnc(SC[C@@H](O)c3ccc(Cl)cc3)n2c2ccccc12. The van der Waals surface area contributed by atoms with Crippen molar-refractivity contribution in [3.05, 3.63) is 70.7 Å². The quantitative estimate of drug-likeness (QED) is 0.531. The molecule has 6 heteroatoms. The molecule has 0 aliphatic heterocycles. The molecule has 4 aromatic rings. The lowest BCUT2D eigenvalue weighted by Crippen LogP contribution is -2.01. The summed E-state index contributed by atoms with van der Waals surface area (Å²) in [7, 11) is 0. The fourth-order valence-corrected chi connectivity index (χ4v) is 3.95. The summed E-state index contributed by atoms with van der Waals surface area (Å²) < 4.78 is 2.04. The highest BCUT2D eigenvalue weighted by molar-refractivity contribution is 7.99. The Balaban J connectivity index is 1.66. The number of benzene rings is 2. The van der Waals surface area contributed by atoms with Crippen LogP contribution in [0.25, 0.3) is 16.6 Å². The first-order chi connectivity index (χ1) is 12.1. The predicted octanol–water partition coefficient (Wildman–Crippen LogP) is 4.67. The molecule has 0 bridgehead atoms. The number of aliphatic hydroxyl groups excluding tert-OH is 1. The van der Waals surface area contributed by atoms with E-state index in [9.17, 15) is 5.11 Å². The van der Waals surface area contributed by atoms with Crippen molar-refractivity contribution >= 4 is 39.9 Å². The zero-order valence-corrected chi connectivity index (χ0v) is 15.1. The Morgan fingerprint density at radius 2 is 1.88 bits per heavy atom. The fraction of sp³-hybridized carbons (Fsp3) is 0.158. The third kappa shape index (κ3) is 3.11. The maximum absolute atomic E-state index is 10.4. The molecule has 0 aliphatic rings. The third-order valence-corrected chi connectivity index (χ3v) is 5.46. The van der Waals surface area contributed by atoms with E-state index in [0.717, 1.165) is 21.9 Å². The number of hydrogen-bond acceptors (Lipinski definition) is 4. The van der Waals surface area contributed by atoms with Gasteiger partial charge in [0.1, 0.15) is 0 Å². The van der Waals surface area contributed by atoms with E-state index in [-0.39, 0.29) is 0 Å². The molecule has 25 heavy (non-hydrogen) atoms. The topological polar surface area (TPSA) is 50.4 Å². The largest absolute Gasteiger partial charge is 0.388 e. The van der Waals surface area contributed by atoms with Gasteiger partial charge in [0, 0.05) is 16.2 Å². The van der Waals surface area contributed by atoms with E-state index in [1.54, 1.807) is 12.1 Å². The molecule has 4 nitrogen and oxygen atoms in total. The van der Waals surface area contributed by atoms with Crippen LogP contribution < -0.4 is 0 Å². The van der Waals surface area contributed by atoms with Gasteiger partial charge in [-0.1, -0.05) is 53.7 Å². The van der Waals surface area contributed by atoms with Gasteiger partial charge in [0.25, 0.3) is 0 Å². The highest BCUT2D eigenvalue weighted by atomic mass is 35.5. The number of thioether (sulfide) groups is 1.